The van der Waals surface area contributed by atoms with E-state index in [0.29, 0.717) is 18.4 Å². The van der Waals surface area contributed by atoms with Crippen molar-refractivity contribution in [2.75, 3.05) is 6.61 Å². The molecule has 1 aromatic heterocycles. The highest BCUT2D eigenvalue weighted by Gasteiger charge is 2.04. The van der Waals surface area contributed by atoms with Gasteiger partial charge in [0.25, 0.3) is 0 Å². The third-order valence-electron chi connectivity index (χ3n) is 2.34. The molecule has 4 heteroatoms. The molecule has 0 aliphatic carbocycles. The Labute approximate surface area is 115 Å². The summed E-state index contributed by atoms with van der Waals surface area (Å²) in [5.41, 5.74) is 1.05. The van der Waals surface area contributed by atoms with Gasteiger partial charge < -0.3 is 9.47 Å². The molecule has 0 radical (unpaired) electrons. The zero-order valence-electron chi connectivity index (χ0n) is 10.3. The van der Waals surface area contributed by atoms with Gasteiger partial charge in [0.2, 0.25) is 11.8 Å². The quantitative estimate of drug-likeness (QED) is 0.842. The molecule has 1 aromatic carbocycles. The van der Waals surface area contributed by atoms with Gasteiger partial charge in [0.1, 0.15) is 5.75 Å². The molecule has 0 aliphatic rings. The van der Waals surface area contributed by atoms with Gasteiger partial charge in [-0.15, -0.1) is 0 Å². The minimum Gasteiger partial charge on any atom is -0.478 e. The first-order valence-corrected chi connectivity index (χ1v) is 6.52. The van der Waals surface area contributed by atoms with E-state index in [-0.39, 0.29) is 0 Å². The van der Waals surface area contributed by atoms with Gasteiger partial charge in [-0.05, 0) is 37.6 Å². The number of hydrogen-bond acceptors (Lipinski definition) is 3. The maximum Gasteiger partial charge on any atom is 0.222 e. The number of rotatable bonds is 4. The molecule has 0 saturated heterocycles. The largest absolute Gasteiger partial charge is 0.478 e. The minimum absolute atomic E-state index is 0.534. The maximum atomic E-state index is 5.74. The Balaban J connectivity index is 2.20. The third-order valence-corrected chi connectivity index (χ3v) is 2.83. The highest BCUT2D eigenvalue weighted by molar-refractivity contribution is 9.10. The first kappa shape index (κ1) is 12.9. The number of halogens is 1. The highest BCUT2D eigenvalue weighted by atomic mass is 79.9. The van der Waals surface area contributed by atoms with Crippen LogP contribution < -0.4 is 9.47 Å². The van der Waals surface area contributed by atoms with Crippen LogP contribution in [-0.4, -0.2) is 11.6 Å². The maximum absolute atomic E-state index is 5.74. The Morgan fingerprint density at radius 1 is 1.17 bits per heavy atom. The molecule has 18 heavy (non-hydrogen) atoms. The summed E-state index contributed by atoms with van der Waals surface area (Å²) >= 11 is 3.42. The van der Waals surface area contributed by atoms with Crippen LogP contribution in [0.2, 0.25) is 0 Å². The predicted octanol–water partition coefficient (Wildman–Crippen LogP) is 4.34. The van der Waals surface area contributed by atoms with E-state index in [9.17, 15) is 0 Å². The van der Waals surface area contributed by atoms with Crippen molar-refractivity contribution >= 4 is 15.9 Å². The summed E-state index contributed by atoms with van der Waals surface area (Å²) in [6.45, 7) is 4.51. The average molecular weight is 308 g/mol. The van der Waals surface area contributed by atoms with Crippen molar-refractivity contribution in [1.29, 1.82) is 0 Å². The fourth-order valence-electron chi connectivity index (χ4n) is 1.52. The van der Waals surface area contributed by atoms with Crippen LogP contribution in [0.5, 0.6) is 17.5 Å². The Hall–Kier alpha value is -1.55. The van der Waals surface area contributed by atoms with Gasteiger partial charge >= 0.3 is 0 Å². The summed E-state index contributed by atoms with van der Waals surface area (Å²) in [5.74, 6) is 1.90. The summed E-state index contributed by atoms with van der Waals surface area (Å²) in [6, 6.07) is 11.3. The van der Waals surface area contributed by atoms with Crippen LogP contribution in [-0.2, 0) is 0 Å². The third kappa shape index (κ3) is 3.23. The summed E-state index contributed by atoms with van der Waals surface area (Å²) in [7, 11) is 0. The average Bonchev–Trinajstić information content (AvgIpc) is 2.34. The molecule has 94 valence electrons. The van der Waals surface area contributed by atoms with Crippen molar-refractivity contribution in [1.82, 2.24) is 4.98 Å². The van der Waals surface area contributed by atoms with E-state index in [4.69, 9.17) is 9.47 Å². The number of nitrogens with zero attached hydrogens (tertiary/aromatic N) is 1. The molecule has 0 bridgehead atoms. The monoisotopic (exact) mass is 307 g/mol. The van der Waals surface area contributed by atoms with E-state index in [1.807, 2.05) is 50.2 Å². The molecular formula is C14H14BrNO2. The molecule has 0 amide bonds. The van der Waals surface area contributed by atoms with Gasteiger partial charge in [-0.25, -0.2) is 0 Å². The molecule has 0 spiro atoms. The van der Waals surface area contributed by atoms with Crippen LogP contribution in [0.3, 0.4) is 0 Å². The molecule has 0 aliphatic heterocycles. The number of pyridine rings is 1. The Kier molecular flexibility index (Phi) is 4.20. The zero-order chi connectivity index (χ0) is 13.0. The van der Waals surface area contributed by atoms with Gasteiger partial charge in [-0.2, -0.15) is 4.98 Å². The normalized spacial score (nSPS) is 10.2. The van der Waals surface area contributed by atoms with Crippen LogP contribution in [0.4, 0.5) is 0 Å². The van der Waals surface area contributed by atoms with Gasteiger partial charge in [-0.1, -0.05) is 22.0 Å². The standard InChI is InChI=1S/C14H14BrNO2/c1-3-17-13-5-4-6-14(16-13)18-12-8-7-11(15)9-10(12)2/h4-9H,3H2,1-2H3. The van der Waals surface area contributed by atoms with Crippen LogP contribution in [0.15, 0.2) is 40.9 Å². The second-order valence-corrected chi connectivity index (χ2v) is 4.67. The SMILES string of the molecule is CCOc1cccc(Oc2ccc(Br)cc2C)n1. The van der Waals surface area contributed by atoms with E-state index < -0.39 is 0 Å². The molecule has 0 N–H and O–H groups in total. The van der Waals surface area contributed by atoms with Crippen molar-refractivity contribution in [2.24, 2.45) is 0 Å². The molecule has 1 heterocycles. The van der Waals surface area contributed by atoms with Crippen LogP contribution in [0, 0.1) is 6.92 Å². The summed E-state index contributed by atoms with van der Waals surface area (Å²) in [5, 5.41) is 0. The van der Waals surface area contributed by atoms with Crippen molar-refractivity contribution < 1.29 is 9.47 Å². The lowest BCUT2D eigenvalue weighted by atomic mass is 10.2. The van der Waals surface area contributed by atoms with Gasteiger partial charge in [0.15, 0.2) is 0 Å². The number of aromatic nitrogens is 1. The lowest BCUT2D eigenvalue weighted by Crippen LogP contribution is -1.96. The zero-order valence-corrected chi connectivity index (χ0v) is 11.9. The summed E-state index contributed by atoms with van der Waals surface area (Å²) < 4.78 is 12.1. The number of ether oxygens (including phenoxy) is 2. The van der Waals surface area contributed by atoms with Crippen LogP contribution in [0.1, 0.15) is 12.5 Å². The van der Waals surface area contributed by atoms with Gasteiger partial charge in [-0.3, -0.25) is 0 Å². The lowest BCUT2D eigenvalue weighted by Gasteiger charge is -2.09. The Bertz CT molecular complexity index is 543. The van der Waals surface area contributed by atoms with Gasteiger partial charge in [0.05, 0.1) is 6.61 Å². The lowest BCUT2D eigenvalue weighted by molar-refractivity contribution is 0.321. The molecule has 0 unspecified atom stereocenters. The van der Waals surface area contributed by atoms with Crippen molar-refractivity contribution in [2.45, 2.75) is 13.8 Å². The number of aryl methyl sites for hydroxylation is 1. The van der Waals surface area contributed by atoms with E-state index in [1.165, 1.54) is 0 Å². The first-order chi connectivity index (χ1) is 8.69. The summed E-state index contributed by atoms with van der Waals surface area (Å²) in [4.78, 5) is 4.27. The summed E-state index contributed by atoms with van der Waals surface area (Å²) in [6.07, 6.45) is 0. The van der Waals surface area contributed by atoms with Gasteiger partial charge in [0, 0.05) is 16.6 Å². The predicted molar refractivity (Wildman–Crippen MR) is 74.4 cm³/mol. The topological polar surface area (TPSA) is 31.4 Å². The van der Waals surface area contributed by atoms with Crippen molar-refractivity contribution in [3.63, 3.8) is 0 Å². The highest BCUT2D eigenvalue weighted by Crippen LogP contribution is 2.27. The second kappa shape index (κ2) is 5.87. The second-order valence-electron chi connectivity index (χ2n) is 3.76. The fraction of sp³-hybridized carbons (Fsp3) is 0.214. The van der Waals surface area contributed by atoms with Crippen LogP contribution in [0.25, 0.3) is 0 Å². The number of hydrogen-bond donors (Lipinski definition) is 0. The molecule has 3 nitrogen and oxygen atoms in total. The molecule has 0 saturated carbocycles. The molecule has 0 atom stereocenters. The Morgan fingerprint density at radius 2 is 1.94 bits per heavy atom. The Morgan fingerprint density at radius 3 is 2.67 bits per heavy atom. The van der Waals surface area contributed by atoms with E-state index in [1.54, 1.807) is 0 Å². The van der Waals surface area contributed by atoms with E-state index in [2.05, 4.69) is 20.9 Å². The molecule has 2 aromatic rings. The molecule has 2 rings (SSSR count). The molecule has 0 fully saturated rings. The number of benzene rings is 1. The fourth-order valence-corrected chi connectivity index (χ4v) is 2.00. The smallest absolute Gasteiger partial charge is 0.222 e. The van der Waals surface area contributed by atoms with Crippen molar-refractivity contribution in [3.05, 3.63) is 46.4 Å². The first-order valence-electron chi connectivity index (χ1n) is 5.73. The minimum atomic E-state index is 0.534. The van der Waals surface area contributed by atoms with Crippen molar-refractivity contribution in [3.8, 4) is 17.5 Å². The van der Waals surface area contributed by atoms with Crippen LogP contribution >= 0.6 is 15.9 Å². The van der Waals surface area contributed by atoms with E-state index >= 15 is 0 Å². The van der Waals surface area contributed by atoms with E-state index in [0.717, 1.165) is 15.8 Å². The molecular weight excluding hydrogens is 294 g/mol.